The fraction of sp³-hybridized carbons (Fsp3) is 0.263. The van der Waals surface area contributed by atoms with Crippen LogP contribution in [-0.2, 0) is 11.3 Å². The lowest BCUT2D eigenvalue weighted by Crippen LogP contribution is -2.49. The van der Waals surface area contributed by atoms with E-state index in [1.165, 1.54) is 4.80 Å². The summed E-state index contributed by atoms with van der Waals surface area (Å²) < 4.78 is 0. The van der Waals surface area contributed by atoms with Crippen molar-refractivity contribution in [2.24, 2.45) is 0 Å². The van der Waals surface area contributed by atoms with Gasteiger partial charge in [0.2, 0.25) is 11.7 Å². The molecule has 1 fully saturated rings. The van der Waals surface area contributed by atoms with Gasteiger partial charge in [-0.1, -0.05) is 35.3 Å². The molecular weight excluding hydrogens is 399 g/mol. The molecule has 2 aromatic carbocycles. The topological polar surface area (TPSA) is 67.2 Å². The average molecular weight is 417 g/mol. The molecule has 1 aliphatic rings. The van der Waals surface area contributed by atoms with Gasteiger partial charge in [0.25, 0.3) is 0 Å². The van der Waals surface area contributed by atoms with Crippen molar-refractivity contribution in [3.05, 3.63) is 58.6 Å². The number of benzene rings is 2. The third-order valence-electron chi connectivity index (χ3n) is 4.66. The molecule has 0 saturated carbocycles. The Bertz CT molecular complexity index is 967. The number of aromatic nitrogens is 4. The van der Waals surface area contributed by atoms with E-state index >= 15 is 0 Å². The average Bonchev–Trinajstić information content (AvgIpc) is 3.17. The van der Waals surface area contributed by atoms with Crippen LogP contribution < -0.4 is 4.90 Å². The molecule has 0 unspecified atom stereocenters. The largest absolute Gasteiger partial charge is 0.367 e. The van der Waals surface area contributed by atoms with Crippen molar-refractivity contribution in [1.82, 2.24) is 25.1 Å². The number of hydrogen-bond acceptors (Lipinski definition) is 5. The summed E-state index contributed by atoms with van der Waals surface area (Å²) in [5, 5.41) is 13.7. The number of carbonyl (C=O) groups excluding carboxylic acids is 1. The highest BCUT2D eigenvalue weighted by Gasteiger charge is 2.23. The molecule has 4 rings (SSSR count). The molecule has 1 amide bonds. The van der Waals surface area contributed by atoms with Crippen LogP contribution in [-0.4, -0.2) is 57.2 Å². The normalized spacial score (nSPS) is 14.4. The van der Waals surface area contributed by atoms with Gasteiger partial charge < -0.3 is 9.80 Å². The highest BCUT2D eigenvalue weighted by atomic mass is 35.5. The monoisotopic (exact) mass is 416 g/mol. The molecule has 1 aliphatic heterocycles. The van der Waals surface area contributed by atoms with Crippen molar-refractivity contribution in [2.75, 3.05) is 31.1 Å². The van der Waals surface area contributed by atoms with Crippen LogP contribution in [0.5, 0.6) is 0 Å². The van der Waals surface area contributed by atoms with Gasteiger partial charge in [0.1, 0.15) is 6.54 Å². The number of tetrazole rings is 1. The number of para-hydroxylation sites is 1. The third kappa shape index (κ3) is 4.10. The summed E-state index contributed by atoms with van der Waals surface area (Å²) in [6, 6.07) is 14.9. The second-order valence-electron chi connectivity index (χ2n) is 6.47. The first-order chi connectivity index (χ1) is 13.6. The molecule has 9 heteroatoms. The van der Waals surface area contributed by atoms with Crippen LogP contribution >= 0.6 is 23.2 Å². The lowest BCUT2D eigenvalue weighted by atomic mass is 10.2. The zero-order valence-electron chi connectivity index (χ0n) is 15.0. The number of rotatable bonds is 4. The first-order valence-electron chi connectivity index (χ1n) is 8.91. The van der Waals surface area contributed by atoms with E-state index in [1.54, 1.807) is 12.1 Å². The number of anilines is 1. The van der Waals surface area contributed by atoms with Gasteiger partial charge in [0.05, 0.1) is 10.7 Å². The van der Waals surface area contributed by atoms with E-state index in [4.69, 9.17) is 23.2 Å². The standard InChI is InChI=1S/C19H18Cl2N6O/c20-15-7-5-14(6-8-15)19-22-24-27(23-19)13-18(28)26-11-9-25(10-12-26)17-4-2-1-3-16(17)21/h1-8H,9-13H2. The predicted octanol–water partition coefficient (Wildman–Crippen LogP) is 3.00. The van der Waals surface area contributed by atoms with E-state index in [0.717, 1.165) is 29.4 Å². The highest BCUT2D eigenvalue weighted by Crippen LogP contribution is 2.26. The summed E-state index contributed by atoms with van der Waals surface area (Å²) in [6.45, 7) is 2.78. The first kappa shape index (κ1) is 18.7. The molecule has 0 radical (unpaired) electrons. The molecule has 144 valence electrons. The molecule has 0 bridgehead atoms. The Morgan fingerprint density at radius 3 is 2.39 bits per heavy atom. The molecule has 0 N–H and O–H groups in total. The Balaban J connectivity index is 1.35. The number of piperazine rings is 1. The van der Waals surface area contributed by atoms with E-state index in [1.807, 2.05) is 41.3 Å². The van der Waals surface area contributed by atoms with Gasteiger partial charge in [-0.05, 0) is 41.6 Å². The number of nitrogens with zero attached hydrogens (tertiary/aromatic N) is 6. The maximum Gasteiger partial charge on any atom is 0.246 e. The minimum atomic E-state index is -0.0288. The van der Waals surface area contributed by atoms with Gasteiger partial charge in [-0.15, -0.1) is 10.2 Å². The molecule has 28 heavy (non-hydrogen) atoms. The predicted molar refractivity (Wildman–Crippen MR) is 109 cm³/mol. The van der Waals surface area contributed by atoms with Crippen LogP contribution in [0.25, 0.3) is 11.4 Å². The number of amides is 1. The Labute approximate surface area is 172 Å². The zero-order chi connectivity index (χ0) is 19.5. The Morgan fingerprint density at radius 1 is 0.964 bits per heavy atom. The first-order valence-corrected chi connectivity index (χ1v) is 9.67. The zero-order valence-corrected chi connectivity index (χ0v) is 16.5. The van der Waals surface area contributed by atoms with Crippen LogP contribution in [0.3, 0.4) is 0 Å². The number of hydrogen-bond donors (Lipinski definition) is 0. The molecule has 3 aromatic rings. The Kier molecular flexibility index (Phi) is 5.45. The molecule has 2 heterocycles. The number of carbonyl (C=O) groups is 1. The summed E-state index contributed by atoms with van der Waals surface area (Å²) in [4.78, 5) is 17.9. The van der Waals surface area contributed by atoms with Crippen LogP contribution in [0.4, 0.5) is 5.69 Å². The van der Waals surface area contributed by atoms with Crippen molar-refractivity contribution in [3.63, 3.8) is 0 Å². The van der Waals surface area contributed by atoms with E-state index in [-0.39, 0.29) is 12.5 Å². The molecule has 1 aromatic heterocycles. The third-order valence-corrected chi connectivity index (χ3v) is 5.23. The van der Waals surface area contributed by atoms with Gasteiger partial charge in [-0.25, -0.2) is 0 Å². The lowest BCUT2D eigenvalue weighted by molar-refractivity contribution is -0.132. The summed E-state index contributed by atoms with van der Waals surface area (Å²) in [5.74, 6) is 0.437. The smallest absolute Gasteiger partial charge is 0.246 e. The maximum absolute atomic E-state index is 12.6. The van der Waals surface area contributed by atoms with Crippen LogP contribution in [0.15, 0.2) is 48.5 Å². The van der Waals surface area contributed by atoms with Crippen molar-refractivity contribution >= 4 is 34.8 Å². The van der Waals surface area contributed by atoms with Gasteiger partial charge in [0, 0.05) is 36.8 Å². The molecule has 0 aliphatic carbocycles. The Hall–Kier alpha value is -2.64. The van der Waals surface area contributed by atoms with Crippen molar-refractivity contribution in [3.8, 4) is 11.4 Å². The van der Waals surface area contributed by atoms with E-state index in [9.17, 15) is 4.79 Å². The fourth-order valence-electron chi connectivity index (χ4n) is 3.15. The van der Waals surface area contributed by atoms with Crippen LogP contribution in [0, 0.1) is 0 Å². The van der Waals surface area contributed by atoms with E-state index in [2.05, 4.69) is 20.3 Å². The van der Waals surface area contributed by atoms with E-state index in [0.29, 0.717) is 23.9 Å². The summed E-state index contributed by atoms with van der Waals surface area (Å²) >= 11 is 12.2. The van der Waals surface area contributed by atoms with E-state index < -0.39 is 0 Å². The second-order valence-corrected chi connectivity index (χ2v) is 7.31. The summed E-state index contributed by atoms with van der Waals surface area (Å²) in [5.41, 5.74) is 1.80. The van der Waals surface area contributed by atoms with Crippen molar-refractivity contribution < 1.29 is 4.79 Å². The second kappa shape index (κ2) is 8.16. The Morgan fingerprint density at radius 2 is 1.68 bits per heavy atom. The minimum Gasteiger partial charge on any atom is -0.367 e. The molecule has 1 saturated heterocycles. The maximum atomic E-state index is 12.6. The molecular formula is C19H18Cl2N6O. The minimum absolute atomic E-state index is 0.0288. The summed E-state index contributed by atoms with van der Waals surface area (Å²) in [7, 11) is 0. The fourth-order valence-corrected chi connectivity index (χ4v) is 3.53. The molecule has 0 atom stereocenters. The lowest BCUT2D eigenvalue weighted by Gasteiger charge is -2.36. The quantitative estimate of drug-likeness (QED) is 0.653. The van der Waals surface area contributed by atoms with Gasteiger partial charge in [-0.2, -0.15) is 4.80 Å². The van der Waals surface area contributed by atoms with Gasteiger partial charge in [0.15, 0.2) is 0 Å². The van der Waals surface area contributed by atoms with Gasteiger partial charge >= 0.3 is 0 Å². The van der Waals surface area contributed by atoms with Crippen LogP contribution in [0.2, 0.25) is 10.0 Å². The molecule has 7 nitrogen and oxygen atoms in total. The van der Waals surface area contributed by atoms with Gasteiger partial charge in [-0.3, -0.25) is 4.79 Å². The SMILES string of the molecule is O=C(Cn1nnc(-c2ccc(Cl)cc2)n1)N1CCN(c2ccccc2Cl)CC1. The number of halogens is 2. The highest BCUT2D eigenvalue weighted by molar-refractivity contribution is 6.33. The van der Waals surface area contributed by atoms with Crippen molar-refractivity contribution in [1.29, 1.82) is 0 Å². The molecule has 0 spiro atoms. The van der Waals surface area contributed by atoms with Crippen LogP contribution in [0.1, 0.15) is 0 Å². The van der Waals surface area contributed by atoms with Crippen molar-refractivity contribution in [2.45, 2.75) is 6.54 Å². The summed E-state index contributed by atoms with van der Waals surface area (Å²) in [6.07, 6.45) is 0.